The Labute approximate surface area is 131 Å². The molecule has 0 bridgehead atoms. The third-order valence-electron chi connectivity index (χ3n) is 2.54. The molecule has 0 saturated heterocycles. The highest BCUT2D eigenvalue weighted by molar-refractivity contribution is 6.36. The first-order valence-electron chi connectivity index (χ1n) is 5.57. The van der Waals surface area contributed by atoms with Gasteiger partial charge in [0, 0.05) is 21.8 Å². The Kier molecular flexibility index (Phi) is 4.76. The molecule has 0 fully saturated rings. The van der Waals surface area contributed by atoms with Gasteiger partial charge < -0.3 is 9.84 Å². The third kappa shape index (κ3) is 3.37. The minimum atomic E-state index is -0.0826. The average molecular weight is 331 g/mol. The molecule has 0 aliphatic rings. The maximum Gasteiger partial charge on any atom is 0.144 e. The minimum absolute atomic E-state index is 0.0826. The molecular formula is C14H10Cl3NO2. The van der Waals surface area contributed by atoms with E-state index in [9.17, 15) is 5.11 Å². The topological polar surface area (TPSA) is 41.8 Å². The number of benzene rings is 2. The maximum atomic E-state index is 9.84. The third-order valence-corrected chi connectivity index (χ3v) is 3.28. The Morgan fingerprint density at radius 1 is 1.10 bits per heavy atom. The second kappa shape index (κ2) is 6.35. The molecule has 104 valence electrons. The highest BCUT2D eigenvalue weighted by atomic mass is 35.5. The molecule has 0 saturated carbocycles. The van der Waals surface area contributed by atoms with Crippen molar-refractivity contribution in [3.05, 3.63) is 51.0 Å². The van der Waals surface area contributed by atoms with E-state index in [4.69, 9.17) is 39.5 Å². The van der Waals surface area contributed by atoms with E-state index in [1.54, 1.807) is 24.3 Å². The fraction of sp³-hybridized carbons (Fsp3) is 0.0714. The van der Waals surface area contributed by atoms with Crippen LogP contribution in [0.5, 0.6) is 11.5 Å². The van der Waals surface area contributed by atoms with Gasteiger partial charge in [0.25, 0.3) is 0 Å². The molecule has 1 N–H and O–H groups in total. The van der Waals surface area contributed by atoms with Crippen LogP contribution in [0.25, 0.3) is 0 Å². The first-order valence-corrected chi connectivity index (χ1v) is 6.70. The lowest BCUT2D eigenvalue weighted by atomic mass is 10.2. The molecule has 0 amide bonds. The highest BCUT2D eigenvalue weighted by Gasteiger charge is 2.07. The van der Waals surface area contributed by atoms with Crippen molar-refractivity contribution in [2.75, 3.05) is 7.11 Å². The quantitative estimate of drug-likeness (QED) is 0.794. The molecule has 3 nitrogen and oxygen atoms in total. The van der Waals surface area contributed by atoms with E-state index in [2.05, 4.69) is 4.99 Å². The summed E-state index contributed by atoms with van der Waals surface area (Å²) in [6.07, 6.45) is 1.45. The second-order valence-electron chi connectivity index (χ2n) is 3.90. The zero-order chi connectivity index (χ0) is 14.7. The number of aliphatic imine (C=N–C) groups is 1. The van der Waals surface area contributed by atoms with Gasteiger partial charge in [-0.05, 0) is 30.3 Å². The number of phenols is 1. The number of methoxy groups -OCH3 is 1. The van der Waals surface area contributed by atoms with Gasteiger partial charge in [0.1, 0.15) is 17.2 Å². The number of halogens is 3. The Balaban J connectivity index is 2.42. The van der Waals surface area contributed by atoms with Crippen molar-refractivity contribution in [3.63, 3.8) is 0 Å². The molecule has 0 atom stereocenters. The van der Waals surface area contributed by atoms with E-state index in [-0.39, 0.29) is 10.8 Å². The standard InChI is InChI=1S/C14H10Cl3NO2/c1-20-13-3-2-9(15)6-12(13)18-7-8-4-10(16)5-11(17)14(8)19/h2-7,19H,1H3. The zero-order valence-electron chi connectivity index (χ0n) is 10.4. The average Bonchev–Trinajstić information content (AvgIpc) is 2.41. The molecule has 0 heterocycles. The Morgan fingerprint density at radius 2 is 1.85 bits per heavy atom. The van der Waals surface area contributed by atoms with Crippen LogP contribution in [0, 0.1) is 0 Å². The second-order valence-corrected chi connectivity index (χ2v) is 5.18. The minimum Gasteiger partial charge on any atom is -0.506 e. The smallest absolute Gasteiger partial charge is 0.144 e. The lowest BCUT2D eigenvalue weighted by molar-refractivity contribution is 0.416. The molecule has 20 heavy (non-hydrogen) atoms. The van der Waals surface area contributed by atoms with Gasteiger partial charge in [0.15, 0.2) is 0 Å². The van der Waals surface area contributed by atoms with Crippen LogP contribution in [0.3, 0.4) is 0 Å². The van der Waals surface area contributed by atoms with E-state index in [1.807, 2.05) is 0 Å². The van der Waals surface area contributed by atoms with E-state index < -0.39 is 0 Å². The predicted octanol–water partition coefficient (Wildman–Crippen LogP) is 5.11. The van der Waals surface area contributed by atoms with Crippen molar-refractivity contribution >= 4 is 46.7 Å². The Bertz CT molecular complexity index is 672. The molecule has 0 radical (unpaired) electrons. The highest BCUT2D eigenvalue weighted by Crippen LogP contribution is 2.33. The summed E-state index contributed by atoms with van der Waals surface area (Å²) in [5.74, 6) is 0.485. The SMILES string of the molecule is COc1ccc(Cl)cc1N=Cc1cc(Cl)cc(Cl)c1O. The molecule has 6 heteroatoms. The summed E-state index contributed by atoms with van der Waals surface area (Å²) >= 11 is 17.6. The van der Waals surface area contributed by atoms with Crippen LogP contribution < -0.4 is 4.74 Å². The fourth-order valence-corrected chi connectivity index (χ4v) is 2.26. The number of hydrogen-bond donors (Lipinski definition) is 1. The summed E-state index contributed by atoms with van der Waals surface area (Å²) in [4.78, 5) is 4.24. The number of nitrogens with zero attached hydrogens (tertiary/aromatic N) is 1. The first kappa shape index (κ1) is 15.0. The fourth-order valence-electron chi connectivity index (χ4n) is 1.59. The Hall–Kier alpha value is -1.42. The van der Waals surface area contributed by atoms with Crippen LogP contribution in [0.4, 0.5) is 5.69 Å². The first-order chi connectivity index (χ1) is 9.51. The van der Waals surface area contributed by atoms with Crippen molar-refractivity contribution in [3.8, 4) is 11.5 Å². The van der Waals surface area contributed by atoms with Gasteiger partial charge in [-0.2, -0.15) is 0 Å². The van der Waals surface area contributed by atoms with Crippen molar-refractivity contribution in [2.24, 2.45) is 4.99 Å². The zero-order valence-corrected chi connectivity index (χ0v) is 12.7. The molecule has 0 aliphatic heterocycles. The van der Waals surface area contributed by atoms with Crippen LogP contribution in [-0.2, 0) is 0 Å². The molecular weight excluding hydrogens is 321 g/mol. The number of aromatic hydroxyl groups is 1. The van der Waals surface area contributed by atoms with Crippen LogP contribution in [-0.4, -0.2) is 18.4 Å². The monoisotopic (exact) mass is 329 g/mol. The van der Waals surface area contributed by atoms with Crippen LogP contribution in [0.1, 0.15) is 5.56 Å². The van der Waals surface area contributed by atoms with Crippen LogP contribution >= 0.6 is 34.8 Å². The van der Waals surface area contributed by atoms with Gasteiger partial charge in [-0.15, -0.1) is 0 Å². The van der Waals surface area contributed by atoms with E-state index >= 15 is 0 Å². The van der Waals surface area contributed by atoms with Gasteiger partial charge in [-0.3, -0.25) is 4.99 Å². The van der Waals surface area contributed by atoms with Gasteiger partial charge in [0.2, 0.25) is 0 Å². The maximum absolute atomic E-state index is 9.84. The molecule has 2 rings (SSSR count). The van der Waals surface area contributed by atoms with Gasteiger partial charge in [-0.25, -0.2) is 0 Å². The molecule has 0 unspecified atom stereocenters. The van der Waals surface area contributed by atoms with Crippen molar-refractivity contribution in [2.45, 2.75) is 0 Å². The molecule has 2 aromatic carbocycles. The van der Waals surface area contributed by atoms with E-state index in [0.717, 1.165) is 0 Å². The van der Waals surface area contributed by atoms with E-state index in [0.29, 0.717) is 27.0 Å². The number of phenolic OH excluding ortho intramolecular Hbond substituents is 1. The molecule has 0 aliphatic carbocycles. The molecule has 0 spiro atoms. The molecule has 2 aromatic rings. The largest absolute Gasteiger partial charge is 0.506 e. The van der Waals surface area contributed by atoms with Crippen molar-refractivity contribution < 1.29 is 9.84 Å². The number of ether oxygens (including phenoxy) is 1. The number of rotatable bonds is 3. The van der Waals surface area contributed by atoms with E-state index in [1.165, 1.54) is 19.4 Å². The van der Waals surface area contributed by atoms with Crippen LogP contribution in [0.2, 0.25) is 15.1 Å². The summed E-state index contributed by atoms with van der Waals surface area (Å²) in [5, 5.41) is 10.9. The summed E-state index contributed by atoms with van der Waals surface area (Å²) < 4.78 is 5.18. The Morgan fingerprint density at radius 3 is 2.55 bits per heavy atom. The summed E-state index contributed by atoms with van der Waals surface area (Å²) in [7, 11) is 1.54. The summed E-state index contributed by atoms with van der Waals surface area (Å²) in [6, 6.07) is 8.08. The van der Waals surface area contributed by atoms with Crippen molar-refractivity contribution in [1.82, 2.24) is 0 Å². The number of hydrogen-bond acceptors (Lipinski definition) is 3. The lowest BCUT2D eigenvalue weighted by Gasteiger charge is -2.05. The van der Waals surface area contributed by atoms with Crippen LogP contribution in [0.15, 0.2) is 35.3 Å². The van der Waals surface area contributed by atoms with Gasteiger partial charge in [-0.1, -0.05) is 34.8 Å². The van der Waals surface area contributed by atoms with Gasteiger partial charge >= 0.3 is 0 Å². The lowest BCUT2D eigenvalue weighted by Crippen LogP contribution is -1.86. The summed E-state index contributed by atoms with van der Waals surface area (Å²) in [6.45, 7) is 0. The van der Waals surface area contributed by atoms with Gasteiger partial charge in [0.05, 0.1) is 12.1 Å². The predicted molar refractivity (Wildman–Crippen MR) is 83.4 cm³/mol. The normalized spacial score (nSPS) is 11.0. The molecule has 0 aromatic heterocycles. The van der Waals surface area contributed by atoms with Crippen molar-refractivity contribution in [1.29, 1.82) is 0 Å². The summed E-state index contributed by atoms with van der Waals surface area (Å²) in [5.41, 5.74) is 0.944.